The number of carbonyl (C=O) groups is 2. The number of carbonyl (C=O) groups excluding carboxylic acids is 2. The maximum Gasteiger partial charge on any atom is 0.224 e. The van der Waals surface area contributed by atoms with Gasteiger partial charge in [0.25, 0.3) is 0 Å². The van der Waals surface area contributed by atoms with Gasteiger partial charge in [-0.05, 0) is 31.7 Å². The van der Waals surface area contributed by atoms with Crippen molar-refractivity contribution in [1.82, 2.24) is 19.8 Å². The molecule has 0 radical (unpaired) electrons. The fourth-order valence-electron chi connectivity index (χ4n) is 3.53. The van der Waals surface area contributed by atoms with Crippen LogP contribution >= 0.6 is 0 Å². The molecule has 1 aromatic heterocycles. The van der Waals surface area contributed by atoms with Crippen molar-refractivity contribution < 1.29 is 9.59 Å². The molecular weight excluding hydrogens is 306 g/mol. The van der Waals surface area contributed by atoms with Crippen molar-refractivity contribution >= 4 is 17.8 Å². The van der Waals surface area contributed by atoms with Crippen LogP contribution in [-0.2, 0) is 9.59 Å². The Bertz CT molecular complexity index is 598. The molecule has 24 heavy (non-hydrogen) atoms. The van der Waals surface area contributed by atoms with E-state index in [0.717, 1.165) is 51.0 Å². The summed E-state index contributed by atoms with van der Waals surface area (Å²) in [4.78, 5) is 36.1. The smallest absolute Gasteiger partial charge is 0.224 e. The van der Waals surface area contributed by atoms with Crippen LogP contribution in [0.3, 0.4) is 0 Å². The third kappa shape index (κ3) is 4.01. The predicted molar refractivity (Wildman–Crippen MR) is 90.0 cm³/mol. The van der Waals surface area contributed by atoms with Crippen molar-refractivity contribution in [3.05, 3.63) is 18.0 Å². The maximum atomic E-state index is 12.4. The molecule has 2 aliphatic heterocycles. The third-order valence-electron chi connectivity index (χ3n) is 4.98. The maximum absolute atomic E-state index is 12.4. The van der Waals surface area contributed by atoms with Gasteiger partial charge in [-0.2, -0.15) is 0 Å². The summed E-state index contributed by atoms with van der Waals surface area (Å²) in [6, 6.07) is 1.90. The van der Waals surface area contributed by atoms with Crippen LogP contribution < -0.4 is 5.73 Å². The number of nitrogens with zero attached hydrogens (tertiary/aromatic N) is 4. The highest BCUT2D eigenvalue weighted by molar-refractivity contribution is 5.79. The molecule has 130 valence electrons. The minimum Gasteiger partial charge on any atom is -0.368 e. The summed E-state index contributed by atoms with van der Waals surface area (Å²) < 4.78 is 0. The second-order valence-electron chi connectivity index (χ2n) is 6.58. The first-order valence-electron chi connectivity index (χ1n) is 8.77. The molecule has 0 aliphatic carbocycles. The van der Waals surface area contributed by atoms with E-state index in [-0.39, 0.29) is 11.8 Å². The van der Waals surface area contributed by atoms with E-state index < -0.39 is 0 Å². The molecule has 0 atom stereocenters. The Balaban J connectivity index is 1.45. The molecule has 0 saturated carbocycles. The number of piperidine rings is 2. The van der Waals surface area contributed by atoms with Gasteiger partial charge in [0, 0.05) is 56.8 Å². The average molecular weight is 331 g/mol. The topological polar surface area (TPSA) is 92.4 Å². The molecule has 2 aliphatic rings. The fraction of sp³-hybridized carbons (Fsp3) is 0.647. The Hall–Kier alpha value is -2.18. The van der Waals surface area contributed by atoms with Crippen molar-refractivity contribution in [3.63, 3.8) is 0 Å². The number of likely N-dealkylation sites (tertiary alicyclic amines) is 2. The molecule has 2 saturated heterocycles. The first-order valence-corrected chi connectivity index (χ1v) is 8.77. The Labute approximate surface area is 142 Å². The van der Waals surface area contributed by atoms with Gasteiger partial charge >= 0.3 is 0 Å². The van der Waals surface area contributed by atoms with Crippen LogP contribution in [0.25, 0.3) is 0 Å². The van der Waals surface area contributed by atoms with Crippen LogP contribution in [0.4, 0.5) is 5.95 Å². The van der Waals surface area contributed by atoms with E-state index in [4.69, 9.17) is 5.73 Å². The van der Waals surface area contributed by atoms with Gasteiger partial charge in [0.15, 0.2) is 0 Å². The Morgan fingerprint density at radius 1 is 1.25 bits per heavy atom. The first-order chi connectivity index (χ1) is 11.6. The van der Waals surface area contributed by atoms with Gasteiger partial charge < -0.3 is 15.5 Å². The van der Waals surface area contributed by atoms with Gasteiger partial charge in [0.05, 0.1) is 0 Å². The molecule has 3 heterocycles. The largest absolute Gasteiger partial charge is 0.368 e. The molecule has 7 nitrogen and oxygen atoms in total. The van der Waals surface area contributed by atoms with Crippen LogP contribution in [0.15, 0.2) is 12.3 Å². The average Bonchev–Trinajstić information content (AvgIpc) is 2.61. The molecule has 3 rings (SSSR count). The summed E-state index contributed by atoms with van der Waals surface area (Å²) in [5, 5.41) is 0. The van der Waals surface area contributed by atoms with E-state index in [9.17, 15) is 9.59 Å². The molecule has 0 aromatic carbocycles. The zero-order valence-corrected chi connectivity index (χ0v) is 14.0. The molecule has 2 amide bonds. The van der Waals surface area contributed by atoms with Crippen LogP contribution in [0.5, 0.6) is 0 Å². The van der Waals surface area contributed by atoms with Crippen LogP contribution in [0.2, 0.25) is 0 Å². The fourth-order valence-corrected chi connectivity index (χ4v) is 3.53. The summed E-state index contributed by atoms with van der Waals surface area (Å²) in [6.45, 7) is 2.83. The Morgan fingerprint density at radius 2 is 2.04 bits per heavy atom. The molecule has 2 N–H and O–H groups in total. The molecule has 0 spiro atoms. The van der Waals surface area contributed by atoms with Crippen molar-refractivity contribution in [3.8, 4) is 0 Å². The summed E-state index contributed by atoms with van der Waals surface area (Å²) in [5.74, 6) is 0.975. The number of hydrogen-bond donors (Lipinski definition) is 1. The number of nitrogen functional groups attached to an aromatic ring is 1. The molecule has 1 aromatic rings. The molecule has 2 fully saturated rings. The SMILES string of the molecule is Nc1nccc(C2CCN(C(=O)CCN3CCCCC3=O)CC2)n1. The number of hydrogen-bond acceptors (Lipinski definition) is 5. The molecule has 7 heteroatoms. The lowest BCUT2D eigenvalue weighted by Crippen LogP contribution is -2.41. The minimum absolute atomic E-state index is 0.147. The summed E-state index contributed by atoms with van der Waals surface area (Å²) >= 11 is 0. The zero-order valence-electron chi connectivity index (χ0n) is 14.0. The normalized spacial score (nSPS) is 19.6. The van der Waals surface area contributed by atoms with Crippen molar-refractivity contribution in [2.75, 3.05) is 31.9 Å². The number of nitrogens with two attached hydrogens (primary N) is 1. The van der Waals surface area contributed by atoms with Gasteiger partial charge in [-0.1, -0.05) is 0 Å². The highest BCUT2D eigenvalue weighted by Crippen LogP contribution is 2.27. The van der Waals surface area contributed by atoms with Gasteiger partial charge in [0.2, 0.25) is 17.8 Å². The van der Waals surface area contributed by atoms with Crippen LogP contribution in [0.1, 0.15) is 50.1 Å². The lowest BCUT2D eigenvalue weighted by molar-refractivity contribution is -0.136. The van der Waals surface area contributed by atoms with E-state index in [1.807, 2.05) is 15.9 Å². The highest BCUT2D eigenvalue weighted by Gasteiger charge is 2.26. The van der Waals surface area contributed by atoms with Gasteiger partial charge in [-0.25, -0.2) is 9.97 Å². The molecular formula is C17H25N5O2. The number of anilines is 1. The van der Waals surface area contributed by atoms with E-state index in [2.05, 4.69) is 9.97 Å². The lowest BCUT2D eigenvalue weighted by Gasteiger charge is -2.33. The van der Waals surface area contributed by atoms with Crippen molar-refractivity contribution in [2.24, 2.45) is 0 Å². The van der Waals surface area contributed by atoms with Crippen LogP contribution in [0, 0.1) is 0 Å². The van der Waals surface area contributed by atoms with E-state index in [1.165, 1.54) is 0 Å². The Morgan fingerprint density at radius 3 is 2.75 bits per heavy atom. The minimum atomic E-state index is 0.147. The zero-order chi connectivity index (χ0) is 16.9. The van der Waals surface area contributed by atoms with Crippen molar-refractivity contribution in [1.29, 1.82) is 0 Å². The monoisotopic (exact) mass is 331 g/mol. The standard InChI is InChI=1S/C17H25N5O2/c18-17-19-8-4-14(20-17)13-5-10-22(11-6-13)16(24)7-12-21-9-2-1-3-15(21)23/h4,8,13H,1-3,5-7,9-12H2,(H2,18,19,20). The lowest BCUT2D eigenvalue weighted by atomic mass is 9.93. The van der Waals surface area contributed by atoms with Crippen LogP contribution in [-0.4, -0.2) is 57.8 Å². The predicted octanol–water partition coefficient (Wildman–Crippen LogP) is 1.17. The quantitative estimate of drug-likeness (QED) is 0.894. The number of aromatic nitrogens is 2. The second kappa shape index (κ2) is 7.59. The second-order valence-corrected chi connectivity index (χ2v) is 6.58. The number of amides is 2. The van der Waals surface area contributed by atoms with E-state index in [1.54, 1.807) is 6.20 Å². The summed E-state index contributed by atoms with van der Waals surface area (Å²) in [5.41, 5.74) is 6.61. The summed E-state index contributed by atoms with van der Waals surface area (Å²) in [7, 11) is 0. The highest BCUT2D eigenvalue weighted by atomic mass is 16.2. The van der Waals surface area contributed by atoms with Crippen molar-refractivity contribution in [2.45, 2.75) is 44.4 Å². The number of rotatable bonds is 4. The van der Waals surface area contributed by atoms with Gasteiger partial charge in [-0.15, -0.1) is 0 Å². The Kier molecular flexibility index (Phi) is 5.27. The molecule has 0 unspecified atom stereocenters. The summed E-state index contributed by atoms with van der Waals surface area (Å²) in [6.07, 6.45) is 6.55. The third-order valence-corrected chi connectivity index (χ3v) is 4.98. The van der Waals surface area contributed by atoms with E-state index >= 15 is 0 Å². The van der Waals surface area contributed by atoms with Gasteiger partial charge in [-0.3, -0.25) is 9.59 Å². The van der Waals surface area contributed by atoms with Gasteiger partial charge in [0.1, 0.15) is 0 Å². The first kappa shape index (κ1) is 16.7. The molecule has 0 bridgehead atoms. The van der Waals surface area contributed by atoms with E-state index in [0.29, 0.717) is 31.3 Å².